The number of likely N-dealkylation sites (N-methyl/N-ethyl adjacent to an activating group) is 1. The molecule has 9 nitrogen and oxygen atoms in total. The number of carbonyl (C=O) groups excluding carboxylic acids is 2. The summed E-state index contributed by atoms with van der Waals surface area (Å²) in [7, 11) is 5.97. The average molecular weight is 1260 g/mol. The molecule has 514 valence electrons. The first-order valence-electron chi connectivity index (χ1n) is 36.3. The van der Waals surface area contributed by atoms with Crippen LogP contribution in [-0.4, -0.2) is 87.4 Å². The van der Waals surface area contributed by atoms with Gasteiger partial charge in [-0.25, -0.2) is 4.79 Å². The topological polar surface area (TPSA) is 108 Å². The van der Waals surface area contributed by atoms with E-state index in [9.17, 15) is 19.5 Å². The van der Waals surface area contributed by atoms with Crippen molar-refractivity contribution in [1.29, 1.82) is 0 Å². The Labute approximate surface area is 558 Å². The third-order valence-corrected chi connectivity index (χ3v) is 15.0. The van der Waals surface area contributed by atoms with Crippen LogP contribution < -0.4 is 0 Å². The summed E-state index contributed by atoms with van der Waals surface area (Å²) in [6.07, 6.45) is 103. The molecule has 2 atom stereocenters. The Balaban J connectivity index is 4.17. The maximum Gasteiger partial charge on any atom is 0.361 e. The third kappa shape index (κ3) is 71.9. The quantitative estimate of drug-likeness (QED) is 0.0211. The second kappa shape index (κ2) is 70.5. The van der Waals surface area contributed by atoms with Gasteiger partial charge in [-0.15, -0.1) is 0 Å². The number of hydrogen-bond acceptors (Lipinski definition) is 7. The van der Waals surface area contributed by atoms with Gasteiger partial charge in [0.25, 0.3) is 6.29 Å². The number of unbranched alkanes of at least 4 members (excludes halogenated alkanes) is 22. The molecule has 0 bridgehead atoms. The van der Waals surface area contributed by atoms with Gasteiger partial charge in [-0.05, 0) is 128 Å². The highest BCUT2D eigenvalue weighted by Crippen LogP contribution is 2.16. The summed E-state index contributed by atoms with van der Waals surface area (Å²) in [4.78, 5) is 37.7. The van der Waals surface area contributed by atoms with Crippen molar-refractivity contribution >= 4 is 17.9 Å². The van der Waals surface area contributed by atoms with Gasteiger partial charge in [-0.2, -0.15) is 0 Å². The van der Waals surface area contributed by atoms with Gasteiger partial charge >= 0.3 is 17.9 Å². The number of nitrogens with zero attached hydrogens (tertiary/aromatic N) is 1. The van der Waals surface area contributed by atoms with Gasteiger partial charge < -0.3 is 28.5 Å². The number of aliphatic carboxylic acids is 1. The van der Waals surface area contributed by atoms with Gasteiger partial charge in [0.1, 0.15) is 13.2 Å². The molecule has 0 saturated heterocycles. The van der Waals surface area contributed by atoms with Crippen LogP contribution in [0, 0.1) is 0 Å². The molecule has 1 N–H and O–H groups in total. The van der Waals surface area contributed by atoms with E-state index in [1.165, 1.54) is 96.3 Å². The van der Waals surface area contributed by atoms with E-state index in [0.29, 0.717) is 17.4 Å². The molecule has 0 fully saturated rings. The van der Waals surface area contributed by atoms with Gasteiger partial charge in [0.15, 0.2) is 6.10 Å². The summed E-state index contributed by atoms with van der Waals surface area (Å²) in [6.45, 7) is 4.64. The number of carbonyl (C=O) groups is 3. The molecule has 9 heteroatoms. The van der Waals surface area contributed by atoms with Crippen LogP contribution in [0.15, 0.2) is 170 Å². The summed E-state index contributed by atoms with van der Waals surface area (Å²) >= 11 is 0. The molecule has 0 amide bonds. The number of rotatable bonds is 65. The lowest BCUT2D eigenvalue weighted by Crippen LogP contribution is -2.40. The maximum absolute atomic E-state index is 13.0. The van der Waals surface area contributed by atoms with Crippen LogP contribution in [0.3, 0.4) is 0 Å². The van der Waals surface area contributed by atoms with E-state index >= 15 is 0 Å². The summed E-state index contributed by atoms with van der Waals surface area (Å²) < 4.78 is 23.0. The van der Waals surface area contributed by atoms with Crippen molar-refractivity contribution in [3.63, 3.8) is 0 Å². The molecule has 0 radical (unpaired) electrons. The molecule has 0 heterocycles. The van der Waals surface area contributed by atoms with Crippen LogP contribution in [0.1, 0.15) is 271 Å². The molecule has 0 aromatic carbocycles. The zero-order chi connectivity index (χ0) is 66.1. The smallest absolute Gasteiger partial charge is 0.361 e. The average Bonchev–Trinajstić information content (AvgIpc) is 3.46. The Bertz CT molecular complexity index is 2100. The van der Waals surface area contributed by atoms with E-state index in [1.54, 1.807) is 0 Å². The third-order valence-electron chi connectivity index (χ3n) is 15.0. The molecule has 0 rings (SSSR count). The van der Waals surface area contributed by atoms with Gasteiger partial charge in [-0.3, -0.25) is 9.59 Å². The van der Waals surface area contributed by atoms with Crippen LogP contribution >= 0.6 is 0 Å². The summed E-state index contributed by atoms with van der Waals surface area (Å²) in [5.74, 6) is -2.02. The minimum atomic E-state index is -1.52. The van der Waals surface area contributed by atoms with Gasteiger partial charge in [0.2, 0.25) is 0 Å². The normalized spacial score (nSPS) is 13.7. The fourth-order valence-electron chi connectivity index (χ4n) is 9.50. The first-order valence-corrected chi connectivity index (χ1v) is 36.3. The van der Waals surface area contributed by atoms with Gasteiger partial charge in [0.05, 0.1) is 34.4 Å². The lowest BCUT2D eigenvalue weighted by Gasteiger charge is -2.25. The highest BCUT2D eigenvalue weighted by molar-refractivity contribution is 5.71. The molecule has 0 aliphatic rings. The van der Waals surface area contributed by atoms with Gasteiger partial charge in [0, 0.05) is 12.8 Å². The van der Waals surface area contributed by atoms with E-state index in [0.717, 1.165) is 141 Å². The Kier molecular flexibility index (Phi) is 66.4. The van der Waals surface area contributed by atoms with Crippen LogP contribution in [0.4, 0.5) is 0 Å². The highest BCUT2D eigenvalue weighted by atomic mass is 16.7. The number of esters is 2. The Morgan fingerprint density at radius 3 is 0.879 bits per heavy atom. The SMILES string of the molecule is CC/C=C\C/C=C\C/C=C\C/C=C\C/C=C\C/C=C\C/C=C\CCCCCCCCCCCCCCCC(=O)OC(COC(=O)CCCCCCCCCCC/C=C\C/C=C\C/C=C\C/C=C\C/C=C\C/C=C\C/C=C\CC)COC(OCC[N+](C)(C)C)C(=O)O. The van der Waals surface area contributed by atoms with Gasteiger partial charge in [-0.1, -0.05) is 300 Å². The lowest BCUT2D eigenvalue weighted by atomic mass is 10.0. The largest absolute Gasteiger partial charge is 0.477 e. The monoisotopic (exact) mass is 1260 g/mol. The van der Waals surface area contributed by atoms with E-state index in [4.69, 9.17) is 18.9 Å². The zero-order valence-corrected chi connectivity index (χ0v) is 58.7. The maximum atomic E-state index is 13.0. The van der Waals surface area contributed by atoms with Crippen molar-refractivity contribution in [1.82, 2.24) is 0 Å². The minimum absolute atomic E-state index is 0.178. The number of carboxylic acids is 1. The summed E-state index contributed by atoms with van der Waals surface area (Å²) in [5.41, 5.74) is 0. The summed E-state index contributed by atoms with van der Waals surface area (Å²) in [6, 6.07) is 0. The molecule has 0 aliphatic carbocycles. The molecule has 91 heavy (non-hydrogen) atoms. The van der Waals surface area contributed by atoms with Crippen LogP contribution in [0.2, 0.25) is 0 Å². The molecule has 2 unspecified atom stereocenters. The van der Waals surface area contributed by atoms with Crippen molar-refractivity contribution < 1.29 is 42.9 Å². The van der Waals surface area contributed by atoms with Crippen molar-refractivity contribution in [3.8, 4) is 0 Å². The number of carboxylic acid groups (broad SMARTS) is 1. The van der Waals surface area contributed by atoms with Crippen molar-refractivity contribution in [2.45, 2.75) is 283 Å². The zero-order valence-electron chi connectivity index (χ0n) is 58.7. The number of allylic oxidation sites excluding steroid dienone is 28. The Morgan fingerprint density at radius 1 is 0.330 bits per heavy atom. The molecular formula is C82H134NO8+. The number of quaternary nitrogens is 1. The minimum Gasteiger partial charge on any atom is -0.477 e. The van der Waals surface area contributed by atoms with E-state index < -0.39 is 24.3 Å². The standard InChI is InChI=1S/C82H133NO8/c1-6-8-10-12-14-16-18-20-22-24-26-28-30-32-34-36-38-39-40-41-43-45-47-49-51-53-55-57-59-61-63-65-67-69-71-73-80(85)91-78(77-90-82(81(86)87)88-75-74-83(3,4)5)76-89-79(84)72-70-68-66-64-62-60-58-56-54-52-50-48-46-44-42-37-35-33-31-29-27-25-23-21-19-17-15-13-11-9-7-2/h8-11,14-17,20-23,26-29,32-35,38-39,41-44,48,50,78,82H,6-7,12-13,18-19,24-25,30-31,36-37,40,45-47,49,51-77H2,1-5H3/p+1/b10-8-,11-9-,16-14-,17-15-,22-20-,23-21-,28-26-,29-27-,34-32-,35-33-,39-38-,43-41-,44-42-,50-48-. The van der Waals surface area contributed by atoms with Crippen LogP contribution in [0.5, 0.6) is 0 Å². The van der Waals surface area contributed by atoms with E-state index in [2.05, 4.69) is 184 Å². The molecular weight excluding hydrogens is 1130 g/mol. The van der Waals surface area contributed by atoms with Crippen LogP contribution in [0.25, 0.3) is 0 Å². The predicted molar refractivity (Wildman–Crippen MR) is 391 cm³/mol. The molecule has 0 aromatic heterocycles. The Hall–Kier alpha value is -5.35. The van der Waals surface area contributed by atoms with Crippen molar-refractivity contribution in [3.05, 3.63) is 170 Å². The fourth-order valence-corrected chi connectivity index (χ4v) is 9.50. The van der Waals surface area contributed by atoms with E-state index in [1.807, 2.05) is 21.1 Å². The van der Waals surface area contributed by atoms with E-state index in [-0.39, 0.29) is 38.6 Å². The highest BCUT2D eigenvalue weighted by Gasteiger charge is 2.25. The number of hydrogen-bond donors (Lipinski definition) is 1. The van der Waals surface area contributed by atoms with Crippen molar-refractivity contribution in [2.75, 3.05) is 47.5 Å². The van der Waals surface area contributed by atoms with Crippen molar-refractivity contribution in [2.24, 2.45) is 0 Å². The second-order valence-electron chi connectivity index (χ2n) is 24.8. The summed E-state index contributed by atoms with van der Waals surface area (Å²) in [5, 5.41) is 9.76. The second-order valence-corrected chi connectivity index (χ2v) is 24.8. The first-order chi connectivity index (χ1) is 44.6. The molecule has 0 aromatic rings. The molecule has 0 aliphatic heterocycles. The first kappa shape index (κ1) is 85.7. The predicted octanol–water partition coefficient (Wildman–Crippen LogP) is 23.0. The van der Waals surface area contributed by atoms with Crippen LogP contribution in [-0.2, 0) is 33.3 Å². The molecule has 0 spiro atoms. The lowest BCUT2D eigenvalue weighted by molar-refractivity contribution is -0.870. The fraction of sp³-hybridized carbons (Fsp3) is 0.622. The molecule has 0 saturated carbocycles. The number of ether oxygens (including phenoxy) is 4. The Morgan fingerprint density at radius 2 is 0.593 bits per heavy atom.